The summed E-state index contributed by atoms with van der Waals surface area (Å²) in [5, 5.41) is 11.2. The maximum absolute atomic E-state index is 10.4. The summed E-state index contributed by atoms with van der Waals surface area (Å²) in [6, 6.07) is 14.5. The van der Waals surface area contributed by atoms with Crippen molar-refractivity contribution in [2.24, 2.45) is 4.99 Å². The van der Waals surface area contributed by atoms with E-state index < -0.39 is 6.10 Å². The van der Waals surface area contributed by atoms with Gasteiger partial charge < -0.3 is 32.6 Å². The molecule has 0 aromatic heterocycles. The molecule has 170 valence electrons. The SMILES string of the molecule is CC1=Nc2cc(Cl)ccc2[NH+]1C1CC[NH+](CC(O)COc2ccccc2C)CC1.O.[Cl-]. The van der Waals surface area contributed by atoms with Gasteiger partial charge in [0.25, 0.3) is 0 Å². The summed E-state index contributed by atoms with van der Waals surface area (Å²) in [5.41, 5.74) is 3.34. The number of fused-ring (bicyclic) bond motifs is 1. The minimum atomic E-state index is -0.452. The number of aryl methyl sites for hydroxylation is 1. The third kappa shape index (κ3) is 5.98. The second-order valence-electron chi connectivity index (χ2n) is 8.23. The number of nitrogens with one attached hydrogen (secondary N) is 2. The first kappa shape index (κ1) is 25.6. The second kappa shape index (κ2) is 11.3. The van der Waals surface area contributed by atoms with Gasteiger partial charge in [-0.2, -0.15) is 4.99 Å². The number of para-hydroxylation sites is 1. The van der Waals surface area contributed by atoms with Gasteiger partial charge in [0.2, 0.25) is 5.84 Å². The molecule has 0 amide bonds. The quantitative estimate of drug-likeness (QED) is 0.453. The van der Waals surface area contributed by atoms with E-state index in [0.29, 0.717) is 12.6 Å². The summed E-state index contributed by atoms with van der Waals surface area (Å²) < 4.78 is 5.81. The average molecular weight is 469 g/mol. The Morgan fingerprint density at radius 1 is 1.16 bits per heavy atom. The standard InChI is InChI=1S/C23H28ClN3O2.ClH.H2O/c1-16-5-3-4-6-23(16)29-15-20(28)14-26-11-9-19(10-12-26)27-17(2)25-21-13-18(24)7-8-22(21)27;;/h3-8,13,19-20,28H,9-12,14-15H2,1-2H3;1H;1H2/p+1. The Labute approximate surface area is 195 Å². The number of nitrogens with zero attached hydrogens (tertiary/aromatic N) is 1. The first-order valence-electron chi connectivity index (χ1n) is 10.4. The Kier molecular flexibility index (Phi) is 9.30. The van der Waals surface area contributed by atoms with Crippen LogP contribution in [0.4, 0.5) is 11.4 Å². The lowest BCUT2D eigenvalue weighted by atomic mass is 10.0. The van der Waals surface area contributed by atoms with E-state index in [1.165, 1.54) is 15.5 Å². The molecule has 2 aliphatic heterocycles. The van der Waals surface area contributed by atoms with E-state index in [0.717, 1.165) is 60.3 Å². The minimum Gasteiger partial charge on any atom is -1.00 e. The van der Waals surface area contributed by atoms with Crippen LogP contribution in [0.1, 0.15) is 25.3 Å². The van der Waals surface area contributed by atoms with Gasteiger partial charge >= 0.3 is 0 Å². The molecule has 6 nitrogen and oxygen atoms in total. The average Bonchev–Trinajstić information content (AvgIpc) is 3.03. The molecule has 31 heavy (non-hydrogen) atoms. The predicted molar refractivity (Wildman–Crippen MR) is 120 cm³/mol. The normalized spacial score (nSPS) is 23.1. The predicted octanol–water partition coefficient (Wildman–Crippen LogP) is -2.11. The molecule has 0 saturated carbocycles. The highest BCUT2D eigenvalue weighted by Crippen LogP contribution is 2.29. The van der Waals surface area contributed by atoms with Gasteiger partial charge in [0, 0.05) is 30.9 Å². The van der Waals surface area contributed by atoms with Crippen LogP contribution >= 0.6 is 11.6 Å². The zero-order chi connectivity index (χ0) is 20.4. The van der Waals surface area contributed by atoms with Gasteiger partial charge in [-0.15, -0.1) is 0 Å². The number of amidine groups is 1. The number of aliphatic imine (C=N–C) groups is 1. The van der Waals surface area contributed by atoms with Crippen molar-refractivity contribution in [1.82, 2.24) is 0 Å². The number of aliphatic hydroxyl groups excluding tert-OH is 1. The lowest BCUT2D eigenvalue weighted by Gasteiger charge is -2.33. The molecule has 0 radical (unpaired) electrons. The van der Waals surface area contributed by atoms with E-state index in [4.69, 9.17) is 21.3 Å². The molecule has 5 N–H and O–H groups in total. The number of aliphatic hydroxyl groups is 1. The number of halogens is 2. The monoisotopic (exact) mass is 468 g/mol. The number of hydrogen-bond donors (Lipinski definition) is 3. The lowest BCUT2D eigenvalue weighted by Crippen LogP contribution is -3.19. The van der Waals surface area contributed by atoms with Crippen LogP contribution in [-0.4, -0.2) is 54.8 Å². The highest BCUT2D eigenvalue weighted by Gasteiger charge is 2.37. The fourth-order valence-corrected chi connectivity index (χ4v) is 4.76. The van der Waals surface area contributed by atoms with Crippen LogP contribution in [0.25, 0.3) is 0 Å². The molecule has 2 heterocycles. The highest BCUT2D eigenvalue weighted by molar-refractivity contribution is 6.31. The van der Waals surface area contributed by atoms with Gasteiger partial charge in [-0.25, -0.2) is 0 Å². The zero-order valence-electron chi connectivity index (χ0n) is 18.0. The van der Waals surface area contributed by atoms with E-state index >= 15 is 0 Å². The maximum Gasteiger partial charge on any atom is 0.204 e. The molecule has 4 rings (SSSR count). The number of piperidine rings is 1. The summed E-state index contributed by atoms with van der Waals surface area (Å²) in [6.07, 6.45) is 1.78. The van der Waals surface area contributed by atoms with Gasteiger partial charge in [-0.1, -0.05) is 29.8 Å². The molecule has 0 aliphatic carbocycles. The van der Waals surface area contributed by atoms with Gasteiger partial charge in [-0.05, 0) is 30.7 Å². The van der Waals surface area contributed by atoms with Crippen molar-refractivity contribution in [2.45, 2.75) is 38.8 Å². The molecule has 2 aliphatic rings. The van der Waals surface area contributed by atoms with Gasteiger partial charge in [0.1, 0.15) is 36.7 Å². The van der Waals surface area contributed by atoms with Crippen LogP contribution in [0, 0.1) is 6.92 Å². The number of quaternary nitrogens is 2. The Morgan fingerprint density at radius 2 is 1.87 bits per heavy atom. The van der Waals surface area contributed by atoms with Crippen LogP contribution in [0.2, 0.25) is 5.02 Å². The highest BCUT2D eigenvalue weighted by atomic mass is 35.5. The molecule has 8 heteroatoms. The molecular formula is C23H32Cl2N3O3+. The Balaban J connectivity index is 0.00000171. The largest absolute Gasteiger partial charge is 1.00 e. The molecular weight excluding hydrogens is 437 g/mol. The summed E-state index contributed by atoms with van der Waals surface area (Å²) in [6.45, 7) is 7.32. The van der Waals surface area contributed by atoms with E-state index in [1.807, 2.05) is 43.3 Å². The number of benzene rings is 2. The Hall–Kier alpha value is -1.67. The number of ether oxygens (including phenoxy) is 1. The second-order valence-corrected chi connectivity index (χ2v) is 8.67. The fourth-order valence-electron chi connectivity index (χ4n) is 4.59. The molecule has 1 saturated heterocycles. The number of hydrogen-bond acceptors (Lipinski definition) is 3. The van der Waals surface area contributed by atoms with Crippen molar-refractivity contribution in [2.75, 3.05) is 26.2 Å². The Morgan fingerprint density at radius 3 is 2.58 bits per heavy atom. The van der Waals surface area contributed by atoms with Crippen molar-refractivity contribution in [3.05, 3.63) is 53.1 Å². The minimum absolute atomic E-state index is 0. The smallest absolute Gasteiger partial charge is 0.204 e. The summed E-state index contributed by atoms with van der Waals surface area (Å²) in [7, 11) is 0. The first-order valence-corrected chi connectivity index (χ1v) is 10.8. The molecule has 2 unspecified atom stereocenters. The van der Waals surface area contributed by atoms with Crippen molar-refractivity contribution >= 4 is 28.8 Å². The summed E-state index contributed by atoms with van der Waals surface area (Å²) in [4.78, 5) is 7.57. The van der Waals surface area contributed by atoms with E-state index in [1.54, 1.807) is 0 Å². The summed E-state index contributed by atoms with van der Waals surface area (Å²) in [5.74, 6) is 1.98. The van der Waals surface area contributed by atoms with Crippen LogP contribution in [0.3, 0.4) is 0 Å². The maximum atomic E-state index is 10.4. The molecule has 2 aromatic rings. The van der Waals surface area contributed by atoms with E-state index in [2.05, 4.69) is 13.0 Å². The van der Waals surface area contributed by atoms with E-state index in [9.17, 15) is 5.11 Å². The van der Waals surface area contributed by atoms with Crippen molar-refractivity contribution in [3.8, 4) is 5.75 Å². The van der Waals surface area contributed by atoms with Crippen LogP contribution in [-0.2, 0) is 0 Å². The topological polar surface area (TPSA) is 82.2 Å². The number of rotatable bonds is 6. The molecule has 2 atom stereocenters. The summed E-state index contributed by atoms with van der Waals surface area (Å²) >= 11 is 6.13. The molecule has 2 aromatic carbocycles. The first-order chi connectivity index (χ1) is 14.0. The Bertz CT molecular complexity index is 901. The molecule has 0 spiro atoms. The molecule has 0 bridgehead atoms. The lowest BCUT2D eigenvalue weighted by molar-refractivity contribution is -0.920. The van der Waals surface area contributed by atoms with Gasteiger partial charge in [0.05, 0.1) is 13.1 Å². The zero-order valence-corrected chi connectivity index (χ0v) is 19.5. The van der Waals surface area contributed by atoms with E-state index in [-0.39, 0.29) is 17.9 Å². The van der Waals surface area contributed by atoms with Crippen LogP contribution < -0.4 is 26.9 Å². The van der Waals surface area contributed by atoms with Gasteiger partial charge in [-0.3, -0.25) is 4.90 Å². The van der Waals surface area contributed by atoms with Gasteiger partial charge in [0.15, 0.2) is 5.69 Å². The van der Waals surface area contributed by atoms with Crippen molar-refractivity contribution in [3.63, 3.8) is 0 Å². The van der Waals surface area contributed by atoms with Crippen LogP contribution in [0.5, 0.6) is 5.75 Å². The fraction of sp³-hybridized carbons (Fsp3) is 0.435. The van der Waals surface area contributed by atoms with Crippen molar-refractivity contribution < 1.29 is 37.5 Å². The van der Waals surface area contributed by atoms with Crippen molar-refractivity contribution in [1.29, 1.82) is 0 Å². The number of likely N-dealkylation sites (tertiary alicyclic amines) is 1. The van der Waals surface area contributed by atoms with Crippen LogP contribution in [0.15, 0.2) is 47.5 Å². The third-order valence-corrected chi connectivity index (χ3v) is 6.31. The molecule has 1 fully saturated rings. The third-order valence-electron chi connectivity index (χ3n) is 6.08.